The zero-order valence-corrected chi connectivity index (χ0v) is 16.8. The summed E-state index contributed by atoms with van der Waals surface area (Å²) in [6.07, 6.45) is 11.4. The van der Waals surface area contributed by atoms with Gasteiger partial charge in [-0.1, -0.05) is 18.2 Å². The Morgan fingerprint density at radius 2 is 1.79 bits per heavy atom. The maximum Gasteiger partial charge on any atom is 0.123 e. The minimum absolute atomic E-state index is 0.137. The van der Waals surface area contributed by atoms with Crippen LogP contribution in [-0.4, -0.2) is 47.0 Å². The first-order valence-corrected chi connectivity index (χ1v) is 10.9. The minimum atomic E-state index is -0.137. The van der Waals surface area contributed by atoms with Gasteiger partial charge in [-0.15, -0.1) is 0 Å². The Bertz CT molecular complexity index is 710. The number of likely N-dealkylation sites (tertiary alicyclic amines) is 2. The van der Waals surface area contributed by atoms with Gasteiger partial charge in [0.15, 0.2) is 0 Å². The molecule has 2 aliphatic heterocycles. The Morgan fingerprint density at radius 1 is 0.964 bits per heavy atom. The van der Waals surface area contributed by atoms with E-state index in [1.54, 1.807) is 12.1 Å². The van der Waals surface area contributed by atoms with Crippen molar-refractivity contribution in [1.29, 1.82) is 0 Å². The molecule has 2 aromatic rings. The second-order valence-corrected chi connectivity index (χ2v) is 8.54. The molecule has 2 aliphatic rings. The van der Waals surface area contributed by atoms with Crippen LogP contribution in [0.5, 0.6) is 0 Å². The Labute approximate surface area is 168 Å². The molecule has 0 aliphatic carbocycles. The first-order chi connectivity index (χ1) is 13.8. The summed E-state index contributed by atoms with van der Waals surface area (Å²) >= 11 is 0. The fourth-order valence-electron chi connectivity index (χ4n) is 4.88. The molecular formula is C24H32FN3. The first-order valence-electron chi connectivity index (χ1n) is 10.9. The SMILES string of the molecule is Fc1ccc(CC[C@@H]2CCCN(C3CCN(Cc4cccnc4)CC3)C2)cc1. The third-order valence-electron chi connectivity index (χ3n) is 6.51. The third-order valence-corrected chi connectivity index (χ3v) is 6.51. The molecular weight excluding hydrogens is 349 g/mol. The lowest BCUT2D eigenvalue weighted by Crippen LogP contribution is -2.48. The average Bonchev–Trinajstić information content (AvgIpc) is 2.75. The van der Waals surface area contributed by atoms with Gasteiger partial charge in [0.2, 0.25) is 0 Å². The number of pyridine rings is 1. The number of nitrogens with zero attached hydrogens (tertiary/aromatic N) is 3. The van der Waals surface area contributed by atoms with E-state index in [9.17, 15) is 4.39 Å². The van der Waals surface area contributed by atoms with Gasteiger partial charge in [0.1, 0.15) is 5.82 Å². The van der Waals surface area contributed by atoms with Gasteiger partial charge >= 0.3 is 0 Å². The molecule has 0 spiro atoms. The number of rotatable bonds is 6. The second kappa shape index (κ2) is 9.62. The molecule has 4 heteroatoms. The van der Waals surface area contributed by atoms with E-state index >= 15 is 0 Å². The van der Waals surface area contributed by atoms with Crippen LogP contribution in [0.4, 0.5) is 4.39 Å². The standard InChI is InChI=1S/C24H32FN3/c25-23-9-7-20(8-10-23)5-6-21-4-2-14-28(19-21)24-11-15-27(16-12-24)18-22-3-1-13-26-17-22/h1,3,7-10,13,17,21,24H,2,4-6,11-12,14-16,18-19H2/t21-/m0/s1. The molecule has 2 saturated heterocycles. The van der Waals surface area contributed by atoms with Crippen molar-refractivity contribution in [2.75, 3.05) is 26.2 Å². The van der Waals surface area contributed by atoms with Gasteiger partial charge in [0, 0.05) is 31.5 Å². The molecule has 0 saturated carbocycles. The van der Waals surface area contributed by atoms with Crippen LogP contribution in [0.3, 0.4) is 0 Å². The van der Waals surface area contributed by atoms with Crippen molar-refractivity contribution >= 4 is 0 Å². The summed E-state index contributed by atoms with van der Waals surface area (Å²) in [5, 5.41) is 0. The smallest absolute Gasteiger partial charge is 0.123 e. The number of aromatic nitrogens is 1. The molecule has 1 aromatic carbocycles. The first kappa shape index (κ1) is 19.5. The van der Waals surface area contributed by atoms with Crippen LogP contribution < -0.4 is 0 Å². The van der Waals surface area contributed by atoms with Crippen molar-refractivity contribution in [3.63, 3.8) is 0 Å². The van der Waals surface area contributed by atoms with Crippen LogP contribution in [0.25, 0.3) is 0 Å². The topological polar surface area (TPSA) is 19.4 Å². The van der Waals surface area contributed by atoms with Gasteiger partial charge in [0.25, 0.3) is 0 Å². The van der Waals surface area contributed by atoms with Gasteiger partial charge < -0.3 is 4.90 Å². The summed E-state index contributed by atoms with van der Waals surface area (Å²) in [7, 11) is 0. The number of aryl methyl sites for hydroxylation is 1. The van der Waals surface area contributed by atoms with E-state index in [-0.39, 0.29) is 5.82 Å². The number of piperidine rings is 2. The maximum atomic E-state index is 13.1. The number of benzene rings is 1. The molecule has 0 unspecified atom stereocenters. The highest BCUT2D eigenvalue weighted by Crippen LogP contribution is 2.27. The maximum absolute atomic E-state index is 13.1. The van der Waals surface area contributed by atoms with Gasteiger partial charge in [-0.3, -0.25) is 9.88 Å². The van der Waals surface area contributed by atoms with E-state index < -0.39 is 0 Å². The van der Waals surface area contributed by atoms with Crippen LogP contribution >= 0.6 is 0 Å². The lowest BCUT2D eigenvalue weighted by molar-refractivity contribution is 0.0674. The zero-order valence-electron chi connectivity index (χ0n) is 16.8. The Balaban J connectivity index is 1.22. The normalized spacial score (nSPS) is 22.4. The summed E-state index contributed by atoms with van der Waals surface area (Å²) in [6, 6.07) is 12.0. The average molecular weight is 382 g/mol. The predicted molar refractivity (Wildman–Crippen MR) is 112 cm³/mol. The van der Waals surface area contributed by atoms with Crippen molar-refractivity contribution in [2.24, 2.45) is 5.92 Å². The van der Waals surface area contributed by atoms with Gasteiger partial charge in [-0.2, -0.15) is 0 Å². The Morgan fingerprint density at radius 3 is 2.54 bits per heavy atom. The van der Waals surface area contributed by atoms with Gasteiger partial charge in [-0.05, 0) is 93.4 Å². The molecule has 4 rings (SSSR count). The highest BCUT2D eigenvalue weighted by Gasteiger charge is 2.28. The van der Waals surface area contributed by atoms with Gasteiger partial charge in [0.05, 0.1) is 0 Å². The van der Waals surface area contributed by atoms with Crippen LogP contribution in [0.2, 0.25) is 0 Å². The van der Waals surface area contributed by atoms with Crippen LogP contribution in [0, 0.1) is 11.7 Å². The van der Waals surface area contributed by atoms with Crippen molar-refractivity contribution in [1.82, 2.24) is 14.8 Å². The lowest BCUT2D eigenvalue weighted by Gasteiger charge is -2.42. The van der Waals surface area contributed by atoms with E-state index in [0.717, 1.165) is 24.9 Å². The third kappa shape index (κ3) is 5.39. The summed E-state index contributed by atoms with van der Waals surface area (Å²) in [6.45, 7) is 5.92. The van der Waals surface area contributed by atoms with Crippen LogP contribution in [0.1, 0.15) is 43.2 Å². The van der Waals surface area contributed by atoms with Crippen LogP contribution in [-0.2, 0) is 13.0 Å². The number of hydrogen-bond acceptors (Lipinski definition) is 3. The molecule has 0 radical (unpaired) electrons. The molecule has 2 fully saturated rings. The fraction of sp³-hybridized carbons (Fsp3) is 0.542. The van der Waals surface area contributed by atoms with E-state index in [2.05, 4.69) is 20.9 Å². The quantitative estimate of drug-likeness (QED) is 0.733. The molecule has 1 atom stereocenters. The second-order valence-electron chi connectivity index (χ2n) is 8.54. The highest BCUT2D eigenvalue weighted by atomic mass is 19.1. The molecule has 1 aromatic heterocycles. The van der Waals surface area contributed by atoms with Crippen LogP contribution in [0.15, 0.2) is 48.8 Å². The summed E-state index contributed by atoms with van der Waals surface area (Å²) in [5.74, 6) is 0.648. The summed E-state index contributed by atoms with van der Waals surface area (Å²) in [5.41, 5.74) is 2.59. The van der Waals surface area contributed by atoms with Crippen molar-refractivity contribution in [2.45, 2.75) is 51.1 Å². The van der Waals surface area contributed by atoms with E-state index in [0.29, 0.717) is 0 Å². The molecule has 0 bridgehead atoms. The number of halogens is 1. The van der Waals surface area contributed by atoms with Crippen molar-refractivity contribution < 1.29 is 4.39 Å². The highest BCUT2D eigenvalue weighted by molar-refractivity contribution is 5.16. The molecule has 28 heavy (non-hydrogen) atoms. The van der Waals surface area contributed by atoms with E-state index in [1.165, 1.54) is 69.4 Å². The molecule has 0 amide bonds. The molecule has 150 valence electrons. The largest absolute Gasteiger partial charge is 0.300 e. The predicted octanol–water partition coefficient (Wildman–Crippen LogP) is 4.53. The fourth-order valence-corrected chi connectivity index (χ4v) is 4.88. The van der Waals surface area contributed by atoms with Crippen molar-refractivity contribution in [3.05, 3.63) is 65.7 Å². The van der Waals surface area contributed by atoms with Gasteiger partial charge in [-0.25, -0.2) is 4.39 Å². The minimum Gasteiger partial charge on any atom is -0.300 e. The monoisotopic (exact) mass is 381 g/mol. The van der Waals surface area contributed by atoms with Crippen molar-refractivity contribution in [3.8, 4) is 0 Å². The molecule has 3 heterocycles. The zero-order chi connectivity index (χ0) is 19.2. The Kier molecular flexibility index (Phi) is 6.71. The molecule has 0 N–H and O–H groups in total. The summed E-state index contributed by atoms with van der Waals surface area (Å²) in [4.78, 5) is 9.57. The summed E-state index contributed by atoms with van der Waals surface area (Å²) < 4.78 is 13.1. The van der Waals surface area contributed by atoms with E-state index in [4.69, 9.17) is 0 Å². The molecule has 3 nitrogen and oxygen atoms in total. The Hall–Kier alpha value is -1.78. The lowest BCUT2D eigenvalue weighted by atomic mass is 9.89. The van der Waals surface area contributed by atoms with E-state index in [1.807, 2.05) is 30.6 Å². The number of hydrogen-bond donors (Lipinski definition) is 0.